The van der Waals surface area contributed by atoms with E-state index in [1.54, 1.807) is 0 Å². The molecule has 0 amide bonds. The standard InChI is InChI=1S/2C16H15N.2C15H14N2/c2*1-11-4-2-6-13-10-14-7-3-5-12-8-9-17(15(11)13)16(12)14;2*1-10-8-16-9-13-7-12-4-2-3-11-5-6-17(14(10)13)15(11)12/h2*2-7H,8-10H2,1H3;2*2-4,8-9H,5-7H2,1H3. The lowest BCUT2D eigenvalue weighted by atomic mass is 9.93. The highest BCUT2D eigenvalue weighted by Crippen LogP contribution is 2.49. The lowest BCUT2D eigenvalue weighted by molar-refractivity contribution is 0.950. The molecule has 0 saturated carbocycles. The number of fused-ring (bicyclic) bond motifs is 8. The molecular weight excluding hydrogens is 829 g/mol. The first-order valence-electron chi connectivity index (χ1n) is 24.9. The third kappa shape index (κ3) is 6.58. The number of anilines is 8. The molecule has 2 aromatic heterocycles. The van der Waals surface area contributed by atoms with Gasteiger partial charge in [0.2, 0.25) is 0 Å². The largest absolute Gasteiger partial charge is 0.340 e. The lowest BCUT2D eigenvalue weighted by Gasteiger charge is -2.31. The molecule has 0 unspecified atom stereocenters. The summed E-state index contributed by atoms with van der Waals surface area (Å²) in [6, 6.07) is 40.3. The average molecular weight is 887 g/mol. The quantitative estimate of drug-likeness (QED) is 0.151. The Morgan fingerprint density at radius 1 is 0.265 bits per heavy atom. The molecule has 8 aliphatic heterocycles. The molecule has 0 radical (unpaired) electrons. The van der Waals surface area contributed by atoms with E-state index < -0.39 is 0 Å². The molecule has 336 valence electrons. The maximum Gasteiger partial charge on any atom is 0.0507 e. The summed E-state index contributed by atoms with van der Waals surface area (Å²) in [5.74, 6) is 0. The molecule has 10 heterocycles. The first-order chi connectivity index (χ1) is 33.4. The van der Waals surface area contributed by atoms with Crippen molar-refractivity contribution in [3.63, 3.8) is 0 Å². The second-order valence-electron chi connectivity index (χ2n) is 20.1. The van der Waals surface area contributed by atoms with E-state index in [4.69, 9.17) is 0 Å². The molecule has 0 fully saturated rings. The predicted octanol–water partition coefficient (Wildman–Crippen LogP) is 13.2. The maximum atomic E-state index is 4.33. The smallest absolute Gasteiger partial charge is 0.0507 e. The third-order valence-corrected chi connectivity index (χ3v) is 15.9. The van der Waals surface area contributed by atoms with E-state index in [1.807, 2.05) is 24.8 Å². The van der Waals surface area contributed by atoms with Gasteiger partial charge in [-0.1, -0.05) is 109 Å². The Balaban J connectivity index is 0.0000000896. The van der Waals surface area contributed by atoms with Crippen LogP contribution in [0.2, 0.25) is 0 Å². The Bertz CT molecular complexity index is 2900. The molecule has 0 N–H and O–H groups in total. The van der Waals surface area contributed by atoms with Crippen molar-refractivity contribution in [3.8, 4) is 0 Å². The van der Waals surface area contributed by atoms with Crippen LogP contribution >= 0.6 is 0 Å². The van der Waals surface area contributed by atoms with Crippen molar-refractivity contribution in [1.29, 1.82) is 0 Å². The summed E-state index contributed by atoms with van der Waals surface area (Å²) in [7, 11) is 0. The number of aromatic nitrogens is 2. The molecule has 0 spiro atoms. The van der Waals surface area contributed by atoms with Crippen molar-refractivity contribution in [2.75, 3.05) is 45.8 Å². The topological polar surface area (TPSA) is 38.7 Å². The summed E-state index contributed by atoms with van der Waals surface area (Å²) in [6.45, 7) is 13.3. The van der Waals surface area contributed by atoms with Gasteiger partial charge >= 0.3 is 0 Å². The van der Waals surface area contributed by atoms with Gasteiger partial charge in [0.05, 0.1) is 11.4 Å². The van der Waals surface area contributed by atoms with E-state index in [0.717, 1.165) is 51.9 Å². The zero-order chi connectivity index (χ0) is 45.6. The number of pyridine rings is 2. The number of hydrogen-bond acceptors (Lipinski definition) is 6. The fourth-order valence-electron chi connectivity index (χ4n) is 13.2. The van der Waals surface area contributed by atoms with Crippen molar-refractivity contribution >= 4 is 45.5 Å². The highest BCUT2D eigenvalue weighted by atomic mass is 15.2. The van der Waals surface area contributed by atoms with Crippen LogP contribution in [-0.2, 0) is 51.4 Å². The third-order valence-electron chi connectivity index (χ3n) is 15.9. The summed E-state index contributed by atoms with van der Waals surface area (Å²) in [5.41, 5.74) is 34.7. The first kappa shape index (κ1) is 41.0. The highest BCUT2D eigenvalue weighted by molar-refractivity contribution is 5.84. The number of aryl methyl sites for hydroxylation is 4. The molecule has 8 aliphatic rings. The Hall–Kier alpha value is -7.18. The van der Waals surface area contributed by atoms with Crippen molar-refractivity contribution in [1.82, 2.24) is 9.97 Å². The van der Waals surface area contributed by atoms with Crippen LogP contribution in [0.4, 0.5) is 45.5 Å². The zero-order valence-electron chi connectivity index (χ0n) is 39.9. The summed E-state index contributed by atoms with van der Waals surface area (Å²) >= 11 is 0. The number of benzene rings is 6. The van der Waals surface area contributed by atoms with Crippen LogP contribution < -0.4 is 19.6 Å². The van der Waals surface area contributed by atoms with Crippen molar-refractivity contribution in [3.05, 3.63) is 223 Å². The van der Waals surface area contributed by atoms with Gasteiger partial charge in [-0.05, 0) is 142 Å². The molecule has 0 bridgehead atoms. The molecule has 6 aromatic carbocycles. The first-order valence-corrected chi connectivity index (χ1v) is 24.9. The van der Waals surface area contributed by atoms with Crippen LogP contribution in [0.15, 0.2) is 134 Å². The van der Waals surface area contributed by atoms with E-state index in [2.05, 4.69) is 166 Å². The fraction of sp³-hybridized carbons (Fsp3) is 0.258. The number of rotatable bonds is 0. The van der Waals surface area contributed by atoms with Gasteiger partial charge in [-0.2, -0.15) is 0 Å². The predicted molar refractivity (Wildman–Crippen MR) is 280 cm³/mol. The number of hydrogen-bond donors (Lipinski definition) is 0. The Labute approximate surface area is 401 Å². The van der Waals surface area contributed by atoms with Gasteiger partial charge in [-0.25, -0.2) is 0 Å². The minimum atomic E-state index is 1.03. The number of para-hydroxylation sites is 6. The van der Waals surface area contributed by atoms with Gasteiger partial charge < -0.3 is 19.6 Å². The number of nitrogens with zero attached hydrogens (tertiary/aromatic N) is 6. The van der Waals surface area contributed by atoms with Gasteiger partial charge in [-0.3, -0.25) is 9.97 Å². The lowest BCUT2D eigenvalue weighted by Crippen LogP contribution is -2.21. The monoisotopic (exact) mass is 886 g/mol. The van der Waals surface area contributed by atoms with Crippen molar-refractivity contribution in [2.24, 2.45) is 0 Å². The minimum absolute atomic E-state index is 1.03. The van der Waals surface area contributed by atoms with Crippen LogP contribution in [-0.4, -0.2) is 36.1 Å². The molecule has 16 rings (SSSR count). The van der Waals surface area contributed by atoms with E-state index in [0.29, 0.717) is 0 Å². The molecular formula is C62H58N6. The zero-order valence-corrected chi connectivity index (χ0v) is 39.9. The van der Waals surface area contributed by atoms with Gasteiger partial charge in [-0.15, -0.1) is 0 Å². The normalized spacial score (nSPS) is 15.7. The highest BCUT2D eigenvalue weighted by Gasteiger charge is 2.34. The fourth-order valence-corrected chi connectivity index (χ4v) is 13.2. The van der Waals surface area contributed by atoms with Gasteiger partial charge in [0.25, 0.3) is 0 Å². The molecule has 0 saturated heterocycles. The van der Waals surface area contributed by atoms with Gasteiger partial charge in [0.15, 0.2) is 0 Å². The van der Waals surface area contributed by atoms with Gasteiger partial charge in [0, 0.05) is 111 Å². The summed E-state index contributed by atoms with van der Waals surface area (Å²) < 4.78 is 0. The van der Waals surface area contributed by atoms with Crippen LogP contribution in [0, 0.1) is 27.7 Å². The van der Waals surface area contributed by atoms with Gasteiger partial charge in [0.1, 0.15) is 0 Å². The molecule has 8 aromatic rings. The SMILES string of the molecule is Cc1cccc2c1N1CCc3cccc(c31)C2.Cc1cccc2c1N1CCc3cccc(c31)C2.Cc1cncc2c1N1CCc3cccc(c31)C2.Cc1cncc2c1N1CCc3cccc(c31)C2. The minimum Gasteiger partial charge on any atom is -0.340 e. The maximum absolute atomic E-state index is 4.33. The summed E-state index contributed by atoms with van der Waals surface area (Å²) in [6.07, 6.45) is 17.0. The molecule has 68 heavy (non-hydrogen) atoms. The van der Waals surface area contributed by atoms with E-state index >= 15 is 0 Å². The van der Waals surface area contributed by atoms with Crippen LogP contribution in [0.25, 0.3) is 0 Å². The molecule has 6 heteroatoms. The Morgan fingerprint density at radius 3 is 0.838 bits per heavy atom. The Kier molecular flexibility index (Phi) is 9.81. The van der Waals surface area contributed by atoms with Crippen LogP contribution in [0.5, 0.6) is 0 Å². The molecule has 0 atom stereocenters. The van der Waals surface area contributed by atoms with Crippen molar-refractivity contribution in [2.45, 2.75) is 79.1 Å². The summed E-state index contributed by atoms with van der Waals surface area (Å²) in [5, 5.41) is 0. The second-order valence-corrected chi connectivity index (χ2v) is 20.1. The van der Waals surface area contributed by atoms with Crippen LogP contribution in [0.1, 0.15) is 89.0 Å². The molecule has 6 nitrogen and oxygen atoms in total. The van der Waals surface area contributed by atoms with Crippen molar-refractivity contribution < 1.29 is 0 Å². The van der Waals surface area contributed by atoms with E-state index in [-0.39, 0.29) is 0 Å². The van der Waals surface area contributed by atoms with E-state index in [1.165, 1.54) is 160 Å². The Morgan fingerprint density at radius 2 is 0.515 bits per heavy atom. The average Bonchev–Trinajstić information content (AvgIpc) is 4.19. The van der Waals surface area contributed by atoms with Crippen LogP contribution in [0.3, 0.4) is 0 Å². The van der Waals surface area contributed by atoms with E-state index in [9.17, 15) is 0 Å². The summed E-state index contributed by atoms with van der Waals surface area (Å²) in [4.78, 5) is 18.7. The second kappa shape index (κ2) is 16.3. The molecule has 0 aliphatic carbocycles.